The molecule has 1 rings (SSSR count). The zero-order valence-electron chi connectivity index (χ0n) is 8.93. The van der Waals surface area contributed by atoms with Gasteiger partial charge in [0, 0.05) is 12.8 Å². The largest absolute Gasteiger partial charge is 0.396 e. The molecule has 6 heteroatoms. The molecule has 0 saturated heterocycles. The number of rotatable bonds is 5. The highest BCUT2D eigenvalue weighted by Crippen LogP contribution is 2.11. The number of aliphatic hydroxyl groups excluding tert-OH is 1. The molecule has 1 heterocycles. The van der Waals surface area contributed by atoms with Crippen LogP contribution in [0.1, 0.15) is 12.5 Å². The lowest BCUT2D eigenvalue weighted by atomic mass is 10.2. The van der Waals surface area contributed by atoms with E-state index in [0.29, 0.717) is 10.7 Å². The molecule has 4 nitrogen and oxygen atoms in total. The van der Waals surface area contributed by atoms with Gasteiger partial charge in [0.25, 0.3) is 0 Å². The van der Waals surface area contributed by atoms with E-state index in [1.807, 2.05) is 0 Å². The van der Waals surface area contributed by atoms with Gasteiger partial charge in [-0.2, -0.15) is 0 Å². The van der Waals surface area contributed by atoms with Crippen molar-refractivity contribution in [1.29, 1.82) is 0 Å². The lowest BCUT2D eigenvalue weighted by Gasteiger charge is -2.08. The molecule has 0 spiro atoms. The number of hydrogen-bond acceptors (Lipinski definition) is 4. The summed E-state index contributed by atoms with van der Waals surface area (Å²) in [5.74, 6) is -0.335. The minimum atomic E-state index is -3.20. The third-order valence-corrected chi connectivity index (χ3v) is 4.10. The van der Waals surface area contributed by atoms with Gasteiger partial charge in [0.15, 0.2) is 9.84 Å². The summed E-state index contributed by atoms with van der Waals surface area (Å²) in [6.45, 7) is 1.57. The summed E-state index contributed by atoms with van der Waals surface area (Å²) in [6, 6.07) is 3.19. The second-order valence-corrected chi connectivity index (χ2v) is 6.33. The summed E-state index contributed by atoms with van der Waals surface area (Å²) >= 11 is 5.60. The average Bonchev–Trinajstić information content (AvgIpc) is 2.20. The van der Waals surface area contributed by atoms with Gasteiger partial charge in [-0.1, -0.05) is 24.6 Å². The molecule has 0 aliphatic carbocycles. The first-order valence-electron chi connectivity index (χ1n) is 4.84. The number of halogens is 1. The second kappa shape index (κ2) is 5.61. The number of pyridine rings is 1. The summed E-state index contributed by atoms with van der Waals surface area (Å²) in [7, 11) is -3.20. The molecule has 0 radical (unpaired) electrons. The molecule has 1 atom stereocenters. The standard InChI is InChI=1S/C10H14ClNO3S/c1-8(5-13)6-16(14,15)7-9-2-3-10(11)12-4-9/h2-4,8,13H,5-7H2,1H3. The van der Waals surface area contributed by atoms with Crippen LogP contribution in [-0.4, -0.2) is 30.9 Å². The highest BCUT2D eigenvalue weighted by Gasteiger charge is 2.16. The van der Waals surface area contributed by atoms with Crippen molar-refractivity contribution in [3.05, 3.63) is 29.0 Å². The van der Waals surface area contributed by atoms with Gasteiger partial charge in [0.2, 0.25) is 0 Å². The number of hydrogen-bond donors (Lipinski definition) is 1. The van der Waals surface area contributed by atoms with Gasteiger partial charge in [-0.15, -0.1) is 0 Å². The molecule has 1 aromatic heterocycles. The van der Waals surface area contributed by atoms with Crippen LogP contribution in [0, 0.1) is 5.92 Å². The molecule has 90 valence electrons. The third kappa shape index (κ3) is 4.47. The van der Waals surface area contributed by atoms with Crippen molar-refractivity contribution in [3.63, 3.8) is 0 Å². The van der Waals surface area contributed by atoms with Crippen molar-refractivity contribution in [2.75, 3.05) is 12.4 Å². The molecule has 0 aliphatic rings. The van der Waals surface area contributed by atoms with Crippen molar-refractivity contribution in [1.82, 2.24) is 4.98 Å². The van der Waals surface area contributed by atoms with Crippen molar-refractivity contribution >= 4 is 21.4 Å². The van der Waals surface area contributed by atoms with E-state index in [2.05, 4.69) is 4.98 Å². The van der Waals surface area contributed by atoms with E-state index in [1.165, 1.54) is 6.20 Å². The van der Waals surface area contributed by atoms with Crippen molar-refractivity contribution in [3.8, 4) is 0 Å². The van der Waals surface area contributed by atoms with Crippen LogP contribution in [0.5, 0.6) is 0 Å². The zero-order valence-corrected chi connectivity index (χ0v) is 10.5. The summed E-state index contributed by atoms with van der Waals surface area (Å²) < 4.78 is 23.4. The Labute approximate surface area is 100 Å². The number of aliphatic hydroxyl groups is 1. The Morgan fingerprint density at radius 2 is 2.19 bits per heavy atom. The Bertz CT molecular complexity index is 430. The van der Waals surface area contributed by atoms with Crippen LogP contribution >= 0.6 is 11.6 Å². The molecular weight excluding hydrogens is 250 g/mol. The quantitative estimate of drug-likeness (QED) is 0.813. The Balaban J connectivity index is 2.69. The summed E-state index contributed by atoms with van der Waals surface area (Å²) in [4.78, 5) is 3.81. The molecular formula is C10H14ClNO3S. The van der Waals surface area contributed by atoms with Gasteiger partial charge in [-0.05, 0) is 17.5 Å². The Morgan fingerprint density at radius 3 is 2.69 bits per heavy atom. The maximum Gasteiger partial charge on any atom is 0.154 e. The fourth-order valence-corrected chi connectivity index (χ4v) is 3.17. The SMILES string of the molecule is CC(CO)CS(=O)(=O)Cc1ccc(Cl)nc1. The fourth-order valence-electron chi connectivity index (χ4n) is 1.29. The second-order valence-electron chi connectivity index (χ2n) is 3.83. The summed E-state index contributed by atoms with van der Waals surface area (Å²) in [6.07, 6.45) is 1.45. The number of nitrogens with zero attached hydrogens (tertiary/aromatic N) is 1. The van der Waals surface area contributed by atoms with E-state index in [9.17, 15) is 8.42 Å². The van der Waals surface area contributed by atoms with Gasteiger partial charge in [0.05, 0.1) is 11.5 Å². The minimum absolute atomic E-state index is 0.0217. The van der Waals surface area contributed by atoms with Crippen LogP contribution < -0.4 is 0 Å². The molecule has 0 aromatic carbocycles. The van der Waals surface area contributed by atoms with Crippen LogP contribution in [0.2, 0.25) is 5.15 Å². The number of sulfone groups is 1. The molecule has 0 fully saturated rings. The normalized spacial score (nSPS) is 13.7. The first-order valence-corrected chi connectivity index (χ1v) is 7.04. The van der Waals surface area contributed by atoms with Crippen LogP contribution in [0.3, 0.4) is 0 Å². The van der Waals surface area contributed by atoms with Crippen LogP contribution in [0.25, 0.3) is 0 Å². The summed E-state index contributed by atoms with van der Waals surface area (Å²) in [5, 5.41) is 9.14. The Morgan fingerprint density at radius 1 is 1.50 bits per heavy atom. The van der Waals surface area contributed by atoms with Crippen LogP contribution in [0.4, 0.5) is 0 Å². The molecule has 0 amide bonds. The molecule has 1 unspecified atom stereocenters. The van der Waals surface area contributed by atoms with Gasteiger partial charge < -0.3 is 5.11 Å². The van der Waals surface area contributed by atoms with E-state index in [-0.39, 0.29) is 24.0 Å². The number of aromatic nitrogens is 1. The molecule has 16 heavy (non-hydrogen) atoms. The van der Waals surface area contributed by atoms with E-state index >= 15 is 0 Å². The van der Waals surface area contributed by atoms with E-state index in [0.717, 1.165) is 0 Å². The van der Waals surface area contributed by atoms with E-state index in [4.69, 9.17) is 16.7 Å². The van der Waals surface area contributed by atoms with Gasteiger partial charge >= 0.3 is 0 Å². The average molecular weight is 264 g/mol. The monoisotopic (exact) mass is 263 g/mol. The maximum atomic E-state index is 11.7. The minimum Gasteiger partial charge on any atom is -0.396 e. The topological polar surface area (TPSA) is 67.3 Å². The van der Waals surface area contributed by atoms with Gasteiger partial charge in [-0.25, -0.2) is 13.4 Å². The predicted molar refractivity (Wildman–Crippen MR) is 63.0 cm³/mol. The smallest absolute Gasteiger partial charge is 0.154 e. The summed E-state index contributed by atoms with van der Waals surface area (Å²) in [5.41, 5.74) is 0.606. The highest BCUT2D eigenvalue weighted by molar-refractivity contribution is 7.90. The third-order valence-electron chi connectivity index (χ3n) is 2.03. The van der Waals surface area contributed by atoms with Crippen molar-refractivity contribution in [2.45, 2.75) is 12.7 Å². The van der Waals surface area contributed by atoms with Crippen LogP contribution in [-0.2, 0) is 15.6 Å². The molecule has 1 aromatic rings. The molecule has 0 bridgehead atoms. The van der Waals surface area contributed by atoms with Crippen LogP contribution in [0.15, 0.2) is 18.3 Å². The fraction of sp³-hybridized carbons (Fsp3) is 0.500. The van der Waals surface area contributed by atoms with E-state index in [1.54, 1.807) is 19.1 Å². The van der Waals surface area contributed by atoms with Crippen molar-refractivity contribution < 1.29 is 13.5 Å². The zero-order chi connectivity index (χ0) is 12.2. The first kappa shape index (κ1) is 13.4. The highest BCUT2D eigenvalue weighted by atomic mass is 35.5. The molecule has 0 saturated carbocycles. The predicted octanol–water partition coefficient (Wildman–Crippen LogP) is 1.28. The Hall–Kier alpha value is -0.650. The maximum absolute atomic E-state index is 11.7. The Kier molecular flexibility index (Phi) is 4.70. The van der Waals surface area contributed by atoms with Crippen molar-refractivity contribution in [2.24, 2.45) is 5.92 Å². The molecule has 1 N–H and O–H groups in total. The lowest BCUT2D eigenvalue weighted by Crippen LogP contribution is -2.18. The first-order chi connectivity index (χ1) is 7.43. The van der Waals surface area contributed by atoms with Gasteiger partial charge in [-0.3, -0.25) is 0 Å². The molecule has 0 aliphatic heterocycles. The van der Waals surface area contributed by atoms with E-state index < -0.39 is 9.84 Å². The lowest BCUT2D eigenvalue weighted by molar-refractivity contribution is 0.249. The van der Waals surface area contributed by atoms with Gasteiger partial charge in [0.1, 0.15) is 5.15 Å².